The number of Topliss-reactive ketones (excluding diaryl/α,β-unsaturated/α-hetero) is 1. The zero-order valence-corrected chi connectivity index (χ0v) is 11.9. The lowest BCUT2D eigenvalue weighted by Gasteiger charge is -2.04. The van der Waals surface area contributed by atoms with E-state index in [1.165, 1.54) is 0 Å². The molecule has 0 N–H and O–H groups in total. The van der Waals surface area contributed by atoms with Gasteiger partial charge in [0.1, 0.15) is 0 Å². The molecule has 2 aromatic rings. The minimum absolute atomic E-state index is 0.0515. The molecule has 4 nitrogen and oxygen atoms in total. The van der Waals surface area contributed by atoms with Crippen molar-refractivity contribution in [3.8, 4) is 11.1 Å². The van der Waals surface area contributed by atoms with Gasteiger partial charge in [-0.2, -0.15) is 0 Å². The second kappa shape index (κ2) is 7.33. The van der Waals surface area contributed by atoms with Crippen LogP contribution >= 0.6 is 0 Å². The van der Waals surface area contributed by atoms with E-state index < -0.39 is 0 Å². The summed E-state index contributed by atoms with van der Waals surface area (Å²) in [6, 6.07) is 11.2. The summed E-state index contributed by atoms with van der Waals surface area (Å²) in [7, 11) is 0. The topological polar surface area (TPSA) is 56.3 Å². The summed E-state index contributed by atoms with van der Waals surface area (Å²) in [5, 5.41) is 0. The molecular formula is C17H17NO3. The van der Waals surface area contributed by atoms with E-state index in [-0.39, 0.29) is 24.6 Å². The predicted octanol–water partition coefficient (Wildman–Crippen LogP) is 3.27. The van der Waals surface area contributed by atoms with Gasteiger partial charge in [-0.1, -0.05) is 24.3 Å². The Morgan fingerprint density at radius 2 is 1.57 bits per heavy atom. The fraction of sp³-hybridized carbons (Fsp3) is 0.235. The van der Waals surface area contributed by atoms with Gasteiger partial charge in [-0.25, -0.2) is 0 Å². The highest BCUT2D eigenvalue weighted by Gasteiger charge is 2.10. The van der Waals surface area contributed by atoms with Gasteiger partial charge < -0.3 is 4.74 Å². The van der Waals surface area contributed by atoms with Crippen LogP contribution in [0.15, 0.2) is 48.8 Å². The molecule has 0 aliphatic carbocycles. The van der Waals surface area contributed by atoms with E-state index >= 15 is 0 Å². The van der Waals surface area contributed by atoms with Crippen LogP contribution in [0.4, 0.5) is 0 Å². The summed E-state index contributed by atoms with van der Waals surface area (Å²) >= 11 is 0. The quantitative estimate of drug-likeness (QED) is 0.603. The minimum Gasteiger partial charge on any atom is -0.466 e. The first-order valence-corrected chi connectivity index (χ1v) is 6.90. The van der Waals surface area contributed by atoms with E-state index in [4.69, 9.17) is 4.74 Å². The van der Waals surface area contributed by atoms with E-state index in [9.17, 15) is 9.59 Å². The number of ketones is 1. The molecule has 0 saturated heterocycles. The number of nitrogens with zero attached hydrogens (tertiary/aromatic N) is 1. The van der Waals surface area contributed by atoms with Crippen LogP contribution in [0.1, 0.15) is 30.1 Å². The van der Waals surface area contributed by atoms with Crippen molar-refractivity contribution in [1.82, 2.24) is 4.98 Å². The Bertz CT molecular complexity index is 606. The van der Waals surface area contributed by atoms with E-state index in [0.717, 1.165) is 11.1 Å². The van der Waals surface area contributed by atoms with Crippen LogP contribution in [0.5, 0.6) is 0 Å². The average Bonchev–Trinajstić information content (AvgIpc) is 2.54. The Kier molecular flexibility index (Phi) is 5.21. The van der Waals surface area contributed by atoms with Crippen molar-refractivity contribution in [2.75, 3.05) is 6.61 Å². The third-order valence-electron chi connectivity index (χ3n) is 3.08. The van der Waals surface area contributed by atoms with Crippen molar-refractivity contribution >= 4 is 11.8 Å². The molecular weight excluding hydrogens is 266 g/mol. The van der Waals surface area contributed by atoms with Crippen LogP contribution in [-0.4, -0.2) is 23.3 Å². The Balaban J connectivity index is 1.99. The summed E-state index contributed by atoms with van der Waals surface area (Å²) in [6.45, 7) is 2.09. The summed E-state index contributed by atoms with van der Waals surface area (Å²) in [5.41, 5.74) is 2.69. The number of benzene rings is 1. The van der Waals surface area contributed by atoms with Crippen molar-refractivity contribution in [2.24, 2.45) is 0 Å². The number of pyridine rings is 1. The zero-order chi connectivity index (χ0) is 15.1. The molecule has 0 radical (unpaired) electrons. The Hall–Kier alpha value is -2.49. The highest BCUT2D eigenvalue weighted by molar-refractivity contribution is 5.97. The number of rotatable bonds is 6. The number of carbonyl (C=O) groups is 2. The Labute approximate surface area is 123 Å². The standard InChI is InChI=1S/C17H17NO3/c1-2-21-17(20)8-7-16(19)15-5-3-13(4-6-15)14-9-11-18-12-10-14/h3-6,9-12H,2,7-8H2,1H3. The second-order valence-corrected chi connectivity index (χ2v) is 4.54. The number of hydrogen-bond acceptors (Lipinski definition) is 4. The molecule has 2 rings (SSSR count). The first-order valence-electron chi connectivity index (χ1n) is 6.90. The number of aromatic nitrogens is 1. The fourth-order valence-electron chi connectivity index (χ4n) is 1.99. The summed E-state index contributed by atoms with van der Waals surface area (Å²) in [4.78, 5) is 27.2. The molecule has 0 amide bonds. The van der Waals surface area contributed by atoms with Gasteiger partial charge in [0.15, 0.2) is 5.78 Å². The van der Waals surface area contributed by atoms with Crippen LogP contribution in [-0.2, 0) is 9.53 Å². The Morgan fingerprint density at radius 3 is 2.19 bits per heavy atom. The van der Waals surface area contributed by atoms with Crippen LogP contribution in [0.3, 0.4) is 0 Å². The van der Waals surface area contributed by atoms with Crippen molar-refractivity contribution < 1.29 is 14.3 Å². The lowest BCUT2D eigenvalue weighted by atomic mass is 10.0. The number of hydrogen-bond donors (Lipinski definition) is 0. The molecule has 1 aromatic carbocycles. The van der Waals surface area contributed by atoms with Crippen LogP contribution in [0.25, 0.3) is 11.1 Å². The number of carbonyl (C=O) groups excluding carboxylic acids is 2. The van der Waals surface area contributed by atoms with Crippen molar-refractivity contribution in [2.45, 2.75) is 19.8 Å². The fourth-order valence-corrected chi connectivity index (χ4v) is 1.99. The monoisotopic (exact) mass is 283 g/mol. The van der Waals surface area contributed by atoms with Gasteiger partial charge in [0.05, 0.1) is 13.0 Å². The third-order valence-corrected chi connectivity index (χ3v) is 3.08. The van der Waals surface area contributed by atoms with Gasteiger partial charge in [-0.15, -0.1) is 0 Å². The molecule has 0 saturated carbocycles. The highest BCUT2D eigenvalue weighted by Crippen LogP contribution is 2.19. The third kappa shape index (κ3) is 4.24. The lowest BCUT2D eigenvalue weighted by molar-refractivity contribution is -0.143. The molecule has 1 heterocycles. The van der Waals surface area contributed by atoms with E-state index in [2.05, 4.69) is 4.98 Å². The van der Waals surface area contributed by atoms with E-state index in [1.807, 2.05) is 24.3 Å². The largest absolute Gasteiger partial charge is 0.466 e. The van der Waals surface area contributed by atoms with Crippen molar-refractivity contribution in [3.63, 3.8) is 0 Å². The maximum atomic E-state index is 12.0. The molecule has 0 bridgehead atoms. The number of ether oxygens (including phenoxy) is 1. The molecule has 108 valence electrons. The number of esters is 1. The second-order valence-electron chi connectivity index (χ2n) is 4.54. The molecule has 0 spiro atoms. The predicted molar refractivity (Wildman–Crippen MR) is 79.9 cm³/mol. The van der Waals surface area contributed by atoms with Gasteiger partial charge >= 0.3 is 5.97 Å². The molecule has 0 fully saturated rings. The summed E-state index contributed by atoms with van der Waals surface area (Å²) in [5.74, 6) is -0.386. The highest BCUT2D eigenvalue weighted by atomic mass is 16.5. The van der Waals surface area contributed by atoms with Gasteiger partial charge in [0.25, 0.3) is 0 Å². The minimum atomic E-state index is -0.334. The first-order chi connectivity index (χ1) is 10.2. The summed E-state index contributed by atoms with van der Waals surface area (Å²) in [6.07, 6.45) is 3.76. The van der Waals surface area contributed by atoms with Crippen LogP contribution < -0.4 is 0 Å². The molecule has 4 heteroatoms. The SMILES string of the molecule is CCOC(=O)CCC(=O)c1ccc(-c2ccncc2)cc1. The normalized spacial score (nSPS) is 10.1. The van der Waals surface area contributed by atoms with Crippen molar-refractivity contribution in [1.29, 1.82) is 0 Å². The van der Waals surface area contributed by atoms with Gasteiger partial charge in [0, 0.05) is 24.4 Å². The first kappa shape index (κ1) is 14.9. The molecule has 1 aromatic heterocycles. The van der Waals surface area contributed by atoms with Gasteiger partial charge in [-0.05, 0) is 30.2 Å². The molecule has 0 unspecified atom stereocenters. The van der Waals surface area contributed by atoms with Crippen molar-refractivity contribution in [3.05, 3.63) is 54.4 Å². The van der Waals surface area contributed by atoms with Crippen LogP contribution in [0, 0.1) is 0 Å². The van der Waals surface area contributed by atoms with Crippen LogP contribution in [0.2, 0.25) is 0 Å². The lowest BCUT2D eigenvalue weighted by Crippen LogP contribution is -2.07. The average molecular weight is 283 g/mol. The maximum absolute atomic E-state index is 12.0. The molecule has 0 aliphatic rings. The van der Waals surface area contributed by atoms with E-state index in [0.29, 0.717) is 12.2 Å². The smallest absolute Gasteiger partial charge is 0.306 e. The molecule has 21 heavy (non-hydrogen) atoms. The van der Waals surface area contributed by atoms with E-state index in [1.54, 1.807) is 31.5 Å². The summed E-state index contributed by atoms with van der Waals surface area (Å²) < 4.78 is 4.81. The zero-order valence-electron chi connectivity index (χ0n) is 11.9. The van der Waals surface area contributed by atoms with Gasteiger partial charge in [-0.3, -0.25) is 14.6 Å². The Morgan fingerprint density at radius 1 is 0.952 bits per heavy atom. The molecule has 0 aliphatic heterocycles. The molecule has 0 atom stereocenters. The maximum Gasteiger partial charge on any atom is 0.306 e. The van der Waals surface area contributed by atoms with Gasteiger partial charge in [0.2, 0.25) is 0 Å².